The van der Waals surface area contributed by atoms with Gasteiger partial charge in [-0.05, 0) is 62.0 Å². The Morgan fingerprint density at radius 2 is 2.12 bits per heavy atom. The molecule has 2 bridgehead atoms. The van der Waals surface area contributed by atoms with Gasteiger partial charge in [0.2, 0.25) is 0 Å². The van der Waals surface area contributed by atoms with Crippen molar-refractivity contribution < 1.29 is 18.7 Å². The summed E-state index contributed by atoms with van der Waals surface area (Å²) < 4.78 is 30.5. The summed E-state index contributed by atoms with van der Waals surface area (Å²) in [6, 6.07) is 8.75. The fraction of sp³-hybridized carbons (Fsp3) is 0.452. The summed E-state index contributed by atoms with van der Waals surface area (Å²) in [6.45, 7) is 2.05. The number of rotatable bonds is 4. The minimum Gasteiger partial charge on any atom is -0.493 e. The van der Waals surface area contributed by atoms with E-state index >= 15 is 4.39 Å². The Labute approximate surface area is 240 Å². The molecule has 3 aromatic heterocycles. The number of hydrogen-bond donors (Lipinski definition) is 1. The van der Waals surface area contributed by atoms with Crippen LogP contribution in [0.5, 0.6) is 5.75 Å². The molecule has 10 heteroatoms. The lowest BCUT2D eigenvalue weighted by Crippen LogP contribution is -2.40. The highest BCUT2D eigenvalue weighted by Gasteiger charge is 2.51. The van der Waals surface area contributed by atoms with Crippen LogP contribution in [0.15, 0.2) is 35.5 Å². The summed E-state index contributed by atoms with van der Waals surface area (Å²) in [4.78, 5) is 24.4. The van der Waals surface area contributed by atoms with Gasteiger partial charge < -0.3 is 19.4 Å². The van der Waals surface area contributed by atoms with E-state index in [2.05, 4.69) is 16.0 Å². The molecule has 5 atom stereocenters. The van der Waals surface area contributed by atoms with E-state index in [-0.39, 0.29) is 29.9 Å². The van der Waals surface area contributed by atoms with Gasteiger partial charge in [0.05, 0.1) is 30.2 Å². The van der Waals surface area contributed by atoms with Gasteiger partial charge in [-0.15, -0.1) is 11.8 Å². The number of carbonyl (C=O) groups excluding carboxylic acids is 1. The molecule has 1 N–H and O–H groups in total. The van der Waals surface area contributed by atoms with E-state index in [1.807, 2.05) is 29.4 Å². The summed E-state index contributed by atoms with van der Waals surface area (Å²) in [5.41, 5.74) is 4.44. The Bertz CT molecular complexity index is 1760. The van der Waals surface area contributed by atoms with E-state index in [9.17, 15) is 4.79 Å². The summed E-state index contributed by atoms with van der Waals surface area (Å²) in [6.07, 6.45) is 8.37. The van der Waals surface area contributed by atoms with Gasteiger partial charge in [0.15, 0.2) is 5.82 Å². The van der Waals surface area contributed by atoms with E-state index in [1.165, 1.54) is 11.8 Å². The van der Waals surface area contributed by atoms with Crippen LogP contribution in [-0.4, -0.2) is 63.6 Å². The number of fused-ring (bicyclic) bond motifs is 6. The van der Waals surface area contributed by atoms with Crippen molar-refractivity contribution >= 4 is 39.7 Å². The number of cyclic esters (lactones) is 1. The number of thioether (sulfide) groups is 1. The van der Waals surface area contributed by atoms with Crippen LogP contribution >= 0.6 is 11.8 Å². The lowest BCUT2D eigenvalue weighted by atomic mass is 9.79. The average Bonchev–Trinajstić information content (AvgIpc) is 3.81. The number of para-hydroxylation sites is 1. The highest BCUT2D eigenvalue weighted by Crippen LogP contribution is 2.51. The largest absolute Gasteiger partial charge is 0.493 e. The van der Waals surface area contributed by atoms with Crippen molar-refractivity contribution in [3.05, 3.63) is 47.5 Å². The fourth-order valence-corrected chi connectivity index (χ4v) is 8.65. The second kappa shape index (κ2) is 8.82. The molecule has 8 heterocycles. The molecule has 10 rings (SSSR count). The number of amides is 1. The maximum absolute atomic E-state index is 16.6. The van der Waals surface area contributed by atoms with Gasteiger partial charge in [-0.3, -0.25) is 9.88 Å². The van der Waals surface area contributed by atoms with Crippen LogP contribution in [0.1, 0.15) is 49.0 Å². The lowest BCUT2D eigenvalue weighted by Gasteiger charge is -2.39. The third kappa shape index (κ3) is 3.29. The number of nitrogens with one attached hydrogen (secondary N) is 1. The quantitative estimate of drug-likeness (QED) is 0.318. The van der Waals surface area contributed by atoms with Gasteiger partial charge >= 0.3 is 6.09 Å². The van der Waals surface area contributed by atoms with Gasteiger partial charge in [0.1, 0.15) is 28.6 Å². The predicted molar refractivity (Wildman–Crippen MR) is 154 cm³/mol. The molecule has 8 nitrogen and oxygen atoms in total. The molecule has 0 spiro atoms. The van der Waals surface area contributed by atoms with E-state index < -0.39 is 5.82 Å². The Hall–Kier alpha value is -3.37. The summed E-state index contributed by atoms with van der Waals surface area (Å²) in [5, 5.41) is 6.16. The van der Waals surface area contributed by atoms with Crippen LogP contribution in [-0.2, 0) is 11.2 Å². The van der Waals surface area contributed by atoms with Crippen molar-refractivity contribution in [3.63, 3.8) is 0 Å². The standard InChI is InChI=1S/C31H30FN5O3S/c1-41-30-19-11-23(22-8-7-17-14-40-31(38)36(17)22)37(27-16-10-21(27)33-12-16)28(19)20-13-34-25(24(32)26(20)35-30)18-6-2-4-15-5-3-9-39-29(15)18/h2,4,6,11,13,16-17,21-22,27,33H,3,5,7-10,12,14H2,1H3/t16-,17+,21-,22?,27+/m1/s1. The Balaban J connectivity index is 1.30. The lowest BCUT2D eigenvalue weighted by molar-refractivity contribution is 0.146. The topological polar surface area (TPSA) is 81.5 Å². The number of benzene rings is 1. The number of ether oxygens (including phenoxy) is 2. The van der Waals surface area contributed by atoms with Crippen LogP contribution in [0.25, 0.3) is 33.1 Å². The van der Waals surface area contributed by atoms with Crippen molar-refractivity contribution in [1.29, 1.82) is 0 Å². The molecule has 4 aromatic rings. The van der Waals surface area contributed by atoms with Crippen LogP contribution in [0, 0.1) is 11.7 Å². The number of hydrogen-bond acceptors (Lipinski definition) is 7. The second-order valence-corrected chi connectivity index (χ2v) is 12.8. The van der Waals surface area contributed by atoms with Crippen LogP contribution in [0.2, 0.25) is 0 Å². The van der Waals surface area contributed by atoms with Gasteiger partial charge in [0.25, 0.3) is 0 Å². The average molecular weight is 572 g/mol. The molecule has 6 aliphatic rings. The zero-order chi connectivity index (χ0) is 27.4. The number of nitrogens with zero attached hydrogens (tertiary/aromatic N) is 4. The van der Waals surface area contributed by atoms with E-state index in [4.69, 9.17) is 19.4 Å². The molecule has 4 saturated heterocycles. The molecule has 0 radical (unpaired) electrons. The zero-order valence-corrected chi connectivity index (χ0v) is 23.5. The molecule has 41 heavy (non-hydrogen) atoms. The van der Waals surface area contributed by atoms with Gasteiger partial charge in [0, 0.05) is 40.8 Å². The first-order chi connectivity index (χ1) is 20.1. The van der Waals surface area contributed by atoms with Crippen LogP contribution in [0.3, 0.4) is 0 Å². The van der Waals surface area contributed by atoms with Crippen molar-refractivity contribution in [2.75, 3.05) is 26.0 Å². The Kier molecular flexibility index (Phi) is 5.21. The summed E-state index contributed by atoms with van der Waals surface area (Å²) in [5.74, 6) is 0.810. The molecule has 1 unspecified atom stereocenters. The first-order valence-electron chi connectivity index (χ1n) is 14.6. The molecule has 210 valence electrons. The van der Waals surface area contributed by atoms with Gasteiger partial charge in [-0.25, -0.2) is 14.2 Å². The second-order valence-electron chi connectivity index (χ2n) is 12.0. The Morgan fingerprint density at radius 1 is 1.20 bits per heavy atom. The van der Waals surface area contributed by atoms with Gasteiger partial charge in [-0.1, -0.05) is 12.1 Å². The molecular formula is C31H30FN5O3S. The molecule has 1 aliphatic carbocycles. The minimum atomic E-state index is -0.421. The minimum absolute atomic E-state index is 0.0720. The highest BCUT2D eigenvalue weighted by molar-refractivity contribution is 7.98. The predicted octanol–water partition coefficient (Wildman–Crippen LogP) is 5.63. The van der Waals surface area contributed by atoms with Crippen LogP contribution < -0.4 is 10.1 Å². The summed E-state index contributed by atoms with van der Waals surface area (Å²) >= 11 is 1.53. The third-order valence-electron chi connectivity index (χ3n) is 9.99. The molecule has 1 saturated carbocycles. The van der Waals surface area contributed by atoms with Crippen molar-refractivity contribution in [1.82, 2.24) is 24.8 Å². The molecule has 1 amide bonds. The van der Waals surface area contributed by atoms with Crippen molar-refractivity contribution in [2.45, 2.75) is 61.3 Å². The molecular weight excluding hydrogens is 541 g/mol. The maximum atomic E-state index is 16.6. The molecule has 5 aliphatic heterocycles. The highest BCUT2D eigenvalue weighted by atomic mass is 32.2. The number of halogens is 1. The zero-order valence-electron chi connectivity index (χ0n) is 22.7. The fourth-order valence-electron chi connectivity index (χ4n) is 8.10. The summed E-state index contributed by atoms with van der Waals surface area (Å²) in [7, 11) is 0. The van der Waals surface area contributed by atoms with E-state index in [0.29, 0.717) is 41.6 Å². The molecule has 5 fully saturated rings. The number of aromatic nitrogens is 3. The maximum Gasteiger partial charge on any atom is 0.410 e. The first kappa shape index (κ1) is 24.2. The number of carbonyl (C=O) groups is 1. The monoisotopic (exact) mass is 571 g/mol. The molecule has 1 aromatic carbocycles. The van der Waals surface area contributed by atoms with Crippen LogP contribution in [0.4, 0.5) is 9.18 Å². The normalized spacial score (nSPS) is 28.1. The SMILES string of the molecule is CSc1nc2c(F)c(-c3cccc4c3OCCC4)ncc2c2c1cc(C1CC[C@H]3COC(=O)N13)n2[C@H]1[C@H]2CN[C@@H]1C2. The smallest absolute Gasteiger partial charge is 0.410 e. The van der Waals surface area contributed by atoms with E-state index in [1.54, 1.807) is 6.20 Å². The van der Waals surface area contributed by atoms with Crippen molar-refractivity contribution in [2.24, 2.45) is 5.92 Å². The van der Waals surface area contributed by atoms with Crippen molar-refractivity contribution in [3.8, 4) is 17.0 Å². The van der Waals surface area contributed by atoms with Gasteiger partial charge in [-0.2, -0.15) is 0 Å². The number of pyridine rings is 2. The first-order valence-corrected chi connectivity index (χ1v) is 15.9. The third-order valence-corrected chi connectivity index (χ3v) is 10.7. The Morgan fingerprint density at radius 3 is 2.95 bits per heavy atom. The van der Waals surface area contributed by atoms with E-state index in [0.717, 1.165) is 71.6 Å². The number of aryl methyl sites for hydroxylation is 1.